The minimum Gasteiger partial charge on any atom is -0.449 e. The molecule has 1 atom stereocenters. The van der Waals surface area contributed by atoms with Crippen LogP contribution in [0.2, 0.25) is 0 Å². The summed E-state index contributed by atoms with van der Waals surface area (Å²) in [7, 11) is 0. The summed E-state index contributed by atoms with van der Waals surface area (Å²) in [5, 5.41) is 2.34. The van der Waals surface area contributed by atoms with Crippen LogP contribution in [-0.2, 0) is 14.3 Å². The summed E-state index contributed by atoms with van der Waals surface area (Å²) in [6, 6.07) is 10.2. The number of benzene rings is 2. The van der Waals surface area contributed by atoms with E-state index < -0.39 is 29.6 Å². The molecule has 0 aliphatic rings. The SMILES string of the molecule is C[C@H](OC(=O)/C=C/c1ccc(Br)cc1)C(=O)Nc1ccc(F)c(F)c1. The smallest absolute Gasteiger partial charge is 0.331 e. The van der Waals surface area contributed by atoms with Crippen LogP contribution in [-0.4, -0.2) is 18.0 Å². The Morgan fingerprint density at radius 2 is 1.80 bits per heavy atom. The van der Waals surface area contributed by atoms with E-state index in [1.54, 1.807) is 18.2 Å². The van der Waals surface area contributed by atoms with Gasteiger partial charge in [0.1, 0.15) is 0 Å². The third-order valence-corrected chi connectivity index (χ3v) is 3.66. The van der Waals surface area contributed by atoms with E-state index in [0.29, 0.717) is 0 Å². The van der Waals surface area contributed by atoms with Gasteiger partial charge in [-0.3, -0.25) is 4.79 Å². The molecule has 130 valence electrons. The topological polar surface area (TPSA) is 55.4 Å². The van der Waals surface area contributed by atoms with Crippen molar-refractivity contribution < 1.29 is 23.1 Å². The fourth-order valence-corrected chi connectivity index (χ4v) is 2.09. The molecule has 0 heterocycles. The van der Waals surface area contributed by atoms with Crippen LogP contribution in [0.5, 0.6) is 0 Å². The van der Waals surface area contributed by atoms with Crippen LogP contribution in [0.1, 0.15) is 12.5 Å². The lowest BCUT2D eigenvalue weighted by atomic mass is 10.2. The second kappa shape index (κ2) is 8.53. The number of halogens is 3. The molecule has 25 heavy (non-hydrogen) atoms. The first kappa shape index (κ1) is 18.8. The van der Waals surface area contributed by atoms with Crippen LogP contribution in [0.25, 0.3) is 6.08 Å². The monoisotopic (exact) mass is 409 g/mol. The Bertz CT molecular complexity index is 806. The fourth-order valence-electron chi connectivity index (χ4n) is 1.82. The molecule has 0 unspecified atom stereocenters. The van der Waals surface area contributed by atoms with E-state index in [2.05, 4.69) is 21.2 Å². The van der Waals surface area contributed by atoms with Crippen LogP contribution in [0.4, 0.5) is 14.5 Å². The Morgan fingerprint density at radius 1 is 1.12 bits per heavy atom. The highest BCUT2D eigenvalue weighted by atomic mass is 79.9. The van der Waals surface area contributed by atoms with Crippen molar-refractivity contribution in [1.82, 2.24) is 0 Å². The fraction of sp³-hybridized carbons (Fsp3) is 0.111. The first-order chi connectivity index (χ1) is 11.8. The van der Waals surface area contributed by atoms with E-state index in [1.165, 1.54) is 19.1 Å². The second-order valence-electron chi connectivity index (χ2n) is 5.08. The molecule has 0 saturated carbocycles. The first-order valence-electron chi connectivity index (χ1n) is 7.25. The maximum Gasteiger partial charge on any atom is 0.331 e. The standard InChI is InChI=1S/C18H14BrF2NO3/c1-11(18(24)22-14-7-8-15(20)16(21)10-14)25-17(23)9-4-12-2-5-13(19)6-3-12/h2-11H,1H3,(H,22,24)/b9-4+/t11-/m0/s1. The van der Waals surface area contributed by atoms with Crippen molar-refractivity contribution in [2.75, 3.05) is 5.32 Å². The summed E-state index contributed by atoms with van der Waals surface area (Å²) in [4.78, 5) is 23.7. The van der Waals surface area contributed by atoms with Crippen molar-refractivity contribution in [2.45, 2.75) is 13.0 Å². The molecule has 2 rings (SSSR count). The van der Waals surface area contributed by atoms with Gasteiger partial charge in [0.15, 0.2) is 17.7 Å². The first-order valence-corrected chi connectivity index (χ1v) is 8.04. The third kappa shape index (κ3) is 5.79. The van der Waals surface area contributed by atoms with E-state index in [1.807, 2.05) is 12.1 Å². The van der Waals surface area contributed by atoms with Crippen molar-refractivity contribution in [3.05, 3.63) is 70.2 Å². The largest absolute Gasteiger partial charge is 0.449 e. The second-order valence-corrected chi connectivity index (χ2v) is 6.00. The molecular formula is C18H14BrF2NO3. The molecule has 7 heteroatoms. The molecule has 0 saturated heterocycles. The quantitative estimate of drug-likeness (QED) is 0.591. The number of hydrogen-bond acceptors (Lipinski definition) is 3. The van der Waals surface area contributed by atoms with Gasteiger partial charge in [0, 0.05) is 22.3 Å². The van der Waals surface area contributed by atoms with Gasteiger partial charge in [-0.1, -0.05) is 28.1 Å². The van der Waals surface area contributed by atoms with Crippen molar-refractivity contribution in [3.63, 3.8) is 0 Å². The van der Waals surface area contributed by atoms with Gasteiger partial charge in [0.05, 0.1) is 0 Å². The Hall–Kier alpha value is -2.54. The highest BCUT2D eigenvalue weighted by molar-refractivity contribution is 9.10. The normalized spacial score (nSPS) is 12.0. The summed E-state index contributed by atoms with van der Waals surface area (Å²) in [6.45, 7) is 1.38. The summed E-state index contributed by atoms with van der Waals surface area (Å²) in [5.74, 6) is -3.46. The van der Waals surface area contributed by atoms with Crippen molar-refractivity contribution in [1.29, 1.82) is 0 Å². The maximum atomic E-state index is 13.1. The van der Waals surface area contributed by atoms with Crippen LogP contribution in [0, 0.1) is 11.6 Å². The average molecular weight is 410 g/mol. The number of rotatable bonds is 5. The number of nitrogens with one attached hydrogen (secondary N) is 1. The average Bonchev–Trinajstić information content (AvgIpc) is 2.57. The molecule has 0 radical (unpaired) electrons. The van der Waals surface area contributed by atoms with Crippen LogP contribution >= 0.6 is 15.9 Å². The molecule has 0 aliphatic heterocycles. The van der Waals surface area contributed by atoms with Gasteiger partial charge in [-0.05, 0) is 42.8 Å². The molecular weight excluding hydrogens is 396 g/mol. The van der Waals surface area contributed by atoms with Gasteiger partial charge in [-0.2, -0.15) is 0 Å². The summed E-state index contributed by atoms with van der Waals surface area (Å²) < 4.78 is 31.8. The molecule has 0 aliphatic carbocycles. The zero-order chi connectivity index (χ0) is 18.4. The number of carbonyl (C=O) groups excluding carboxylic acids is 2. The highest BCUT2D eigenvalue weighted by Gasteiger charge is 2.17. The lowest BCUT2D eigenvalue weighted by Crippen LogP contribution is -2.29. The van der Waals surface area contributed by atoms with Gasteiger partial charge in [-0.25, -0.2) is 13.6 Å². The lowest BCUT2D eigenvalue weighted by molar-refractivity contribution is -0.148. The van der Waals surface area contributed by atoms with Crippen molar-refractivity contribution in [2.24, 2.45) is 0 Å². The Balaban J connectivity index is 1.90. The molecule has 4 nitrogen and oxygen atoms in total. The van der Waals surface area contributed by atoms with Crippen molar-refractivity contribution in [3.8, 4) is 0 Å². The molecule has 1 amide bonds. The number of amides is 1. The van der Waals surface area contributed by atoms with Gasteiger partial charge < -0.3 is 10.1 Å². The van der Waals surface area contributed by atoms with Crippen LogP contribution in [0.3, 0.4) is 0 Å². The van der Waals surface area contributed by atoms with E-state index in [4.69, 9.17) is 4.74 Å². The van der Waals surface area contributed by atoms with Gasteiger partial charge in [0.2, 0.25) is 0 Å². The van der Waals surface area contributed by atoms with Gasteiger partial charge >= 0.3 is 5.97 Å². The van der Waals surface area contributed by atoms with Crippen molar-refractivity contribution >= 4 is 39.6 Å². The van der Waals surface area contributed by atoms with E-state index in [0.717, 1.165) is 22.2 Å². The Kier molecular flexibility index (Phi) is 6.41. The zero-order valence-corrected chi connectivity index (χ0v) is 14.7. The summed E-state index contributed by atoms with van der Waals surface area (Å²) >= 11 is 3.31. The predicted molar refractivity (Wildman–Crippen MR) is 93.7 cm³/mol. The number of esters is 1. The number of carbonyl (C=O) groups is 2. The minimum atomic E-state index is -1.10. The molecule has 0 aromatic heterocycles. The molecule has 2 aromatic carbocycles. The lowest BCUT2D eigenvalue weighted by Gasteiger charge is -2.12. The summed E-state index contributed by atoms with van der Waals surface area (Å²) in [6.07, 6.45) is 1.65. The Labute approximate surface area is 151 Å². The van der Waals surface area contributed by atoms with Crippen LogP contribution < -0.4 is 5.32 Å². The number of anilines is 1. The van der Waals surface area contributed by atoms with E-state index in [-0.39, 0.29) is 5.69 Å². The summed E-state index contributed by atoms with van der Waals surface area (Å²) in [5.41, 5.74) is 0.858. The van der Waals surface area contributed by atoms with Gasteiger partial charge in [-0.15, -0.1) is 0 Å². The Morgan fingerprint density at radius 3 is 2.44 bits per heavy atom. The molecule has 2 aromatic rings. The molecule has 0 fully saturated rings. The third-order valence-electron chi connectivity index (χ3n) is 3.13. The van der Waals surface area contributed by atoms with Gasteiger partial charge in [0.25, 0.3) is 5.91 Å². The van der Waals surface area contributed by atoms with Crippen LogP contribution in [0.15, 0.2) is 53.0 Å². The number of ether oxygens (including phenoxy) is 1. The number of hydrogen-bond donors (Lipinski definition) is 1. The molecule has 0 bridgehead atoms. The molecule has 0 spiro atoms. The minimum absolute atomic E-state index is 0.0669. The predicted octanol–water partition coefficient (Wildman–Crippen LogP) is 4.31. The van der Waals surface area contributed by atoms with E-state index in [9.17, 15) is 18.4 Å². The maximum absolute atomic E-state index is 13.1. The highest BCUT2D eigenvalue weighted by Crippen LogP contribution is 2.14. The van der Waals surface area contributed by atoms with E-state index >= 15 is 0 Å². The zero-order valence-electron chi connectivity index (χ0n) is 13.1. The molecule has 1 N–H and O–H groups in total.